The number of para-hydroxylation sites is 1. The van der Waals surface area contributed by atoms with Crippen LogP contribution >= 0.6 is 27.7 Å². The molecule has 0 saturated carbocycles. The van der Waals surface area contributed by atoms with Crippen LogP contribution in [0.2, 0.25) is 0 Å². The number of carbonyl (C=O) groups is 1. The fourth-order valence-corrected chi connectivity index (χ4v) is 3.78. The number of nitrogens with zero attached hydrogens (tertiary/aromatic N) is 2. The molecule has 0 spiro atoms. The topological polar surface area (TPSA) is 84.2 Å². The Morgan fingerprint density at radius 3 is 2.81 bits per heavy atom. The number of amides is 1. The summed E-state index contributed by atoms with van der Waals surface area (Å²) in [5.74, 6) is -0.110. The number of aliphatic hydroxyl groups excluding tert-OH is 1. The maximum Gasteiger partial charge on any atom is 0.262 e. The van der Waals surface area contributed by atoms with Crippen LogP contribution in [0.1, 0.15) is 6.92 Å². The van der Waals surface area contributed by atoms with Crippen molar-refractivity contribution in [3.63, 3.8) is 0 Å². The lowest BCUT2D eigenvalue weighted by Gasteiger charge is -2.14. The third kappa shape index (κ3) is 4.97. The van der Waals surface area contributed by atoms with Gasteiger partial charge in [-0.2, -0.15) is 0 Å². The fourth-order valence-electron chi connectivity index (χ4n) is 2.58. The van der Waals surface area contributed by atoms with Crippen LogP contribution in [0.4, 0.5) is 5.69 Å². The average molecular weight is 448 g/mol. The van der Waals surface area contributed by atoms with Gasteiger partial charge in [0, 0.05) is 10.2 Å². The second-order valence-electron chi connectivity index (χ2n) is 6.02. The molecule has 3 aromatic rings. The third-order valence-electron chi connectivity index (χ3n) is 3.71. The maximum absolute atomic E-state index is 12.8. The first-order chi connectivity index (χ1) is 12.9. The first kappa shape index (κ1) is 19.6. The number of thioether (sulfide) groups is 1. The Labute approximate surface area is 168 Å². The highest BCUT2D eigenvalue weighted by Crippen LogP contribution is 2.20. The Kier molecular flexibility index (Phi) is 6.30. The Morgan fingerprint density at radius 2 is 2.07 bits per heavy atom. The lowest BCUT2D eigenvalue weighted by Crippen LogP contribution is -2.28. The zero-order chi connectivity index (χ0) is 19.4. The number of benzene rings is 2. The van der Waals surface area contributed by atoms with E-state index in [2.05, 4.69) is 26.2 Å². The molecular formula is C19H18BrN3O3S. The molecule has 0 unspecified atom stereocenters. The summed E-state index contributed by atoms with van der Waals surface area (Å²) >= 11 is 4.53. The summed E-state index contributed by atoms with van der Waals surface area (Å²) in [6, 6.07) is 14.4. The van der Waals surface area contributed by atoms with Crippen LogP contribution in [-0.4, -0.2) is 32.4 Å². The number of halogens is 1. The second kappa shape index (κ2) is 8.69. The van der Waals surface area contributed by atoms with E-state index in [9.17, 15) is 14.7 Å². The Morgan fingerprint density at radius 1 is 1.30 bits per heavy atom. The largest absolute Gasteiger partial charge is 0.392 e. The predicted octanol–water partition coefficient (Wildman–Crippen LogP) is 3.27. The molecule has 0 aliphatic carbocycles. The standard InChI is InChI=1S/C19H18BrN3O3S/c1-12(24)10-23-18(26)15-7-2-3-8-16(15)22-19(23)27-11-17(25)21-14-6-4-5-13(20)9-14/h2-9,12,24H,10-11H2,1H3,(H,21,25)/t12-/m0/s1. The highest BCUT2D eigenvalue weighted by atomic mass is 79.9. The van der Waals surface area contributed by atoms with Crippen molar-refractivity contribution in [2.45, 2.75) is 24.7 Å². The molecule has 1 atom stereocenters. The van der Waals surface area contributed by atoms with Crippen LogP contribution in [0, 0.1) is 0 Å². The van der Waals surface area contributed by atoms with Crippen LogP contribution in [-0.2, 0) is 11.3 Å². The zero-order valence-electron chi connectivity index (χ0n) is 14.6. The number of aromatic nitrogens is 2. The van der Waals surface area contributed by atoms with E-state index in [-0.39, 0.29) is 23.8 Å². The van der Waals surface area contributed by atoms with Gasteiger partial charge < -0.3 is 10.4 Å². The van der Waals surface area contributed by atoms with E-state index in [1.165, 1.54) is 16.3 Å². The predicted molar refractivity (Wildman–Crippen MR) is 111 cm³/mol. The third-order valence-corrected chi connectivity index (χ3v) is 5.18. The number of fused-ring (bicyclic) bond motifs is 1. The van der Waals surface area contributed by atoms with E-state index >= 15 is 0 Å². The van der Waals surface area contributed by atoms with Crippen LogP contribution in [0.5, 0.6) is 0 Å². The lowest BCUT2D eigenvalue weighted by molar-refractivity contribution is -0.113. The first-order valence-electron chi connectivity index (χ1n) is 8.30. The molecule has 1 heterocycles. The quantitative estimate of drug-likeness (QED) is 0.447. The van der Waals surface area contributed by atoms with E-state index in [0.717, 1.165) is 4.47 Å². The van der Waals surface area contributed by atoms with Crippen molar-refractivity contribution in [2.75, 3.05) is 11.1 Å². The van der Waals surface area contributed by atoms with Crippen molar-refractivity contribution in [1.29, 1.82) is 0 Å². The molecule has 0 aliphatic heterocycles. The molecule has 0 saturated heterocycles. The van der Waals surface area contributed by atoms with Crippen molar-refractivity contribution in [3.05, 3.63) is 63.4 Å². The van der Waals surface area contributed by atoms with E-state index in [4.69, 9.17) is 0 Å². The molecule has 0 bridgehead atoms. The number of aliphatic hydroxyl groups is 1. The molecule has 3 rings (SSSR count). The second-order valence-corrected chi connectivity index (χ2v) is 7.88. The van der Waals surface area contributed by atoms with Gasteiger partial charge in [-0.05, 0) is 37.3 Å². The summed E-state index contributed by atoms with van der Waals surface area (Å²) in [5.41, 5.74) is 1.03. The number of nitrogens with one attached hydrogen (secondary N) is 1. The monoisotopic (exact) mass is 447 g/mol. The van der Waals surface area contributed by atoms with Crippen LogP contribution < -0.4 is 10.9 Å². The SMILES string of the molecule is C[C@H](O)Cn1c(SCC(=O)Nc2cccc(Br)c2)nc2ccccc2c1=O. The highest BCUT2D eigenvalue weighted by Gasteiger charge is 2.14. The lowest BCUT2D eigenvalue weighted by atomic mass is 10.2. The Bertz CT molecular complexity index is 1040. The molecule has 1 amide bonds. The van der Waals surface area contributed by atoms with Gasteiger partial charge in [-0.1, -0.05) is 45.9 Å². The van der Waals surface area contributed by atoms with Gasteiger partial charge in [0.25, 0.3) is 5.56 Å². The van der Waals surface area contributed by atoms with Crippen molar-refractivity contribution in [1.82, 2.24) is 9.55 Å². The Balaban J connectivity index is 1.82. The van der Waals surface area contributed by atoms with Gasteiger partial charge in [0.1, 0.15) is 0 Å². The van der Waals surface area contributed by atoms with E-state index in [0.29, 0.717) is 21.7 Å². The fraction of sp³-hybridized carbons (Fsp3) is 0.211. The van der Waals surface area contributed by atoms with E-state index < -0.39 is 6.10 Å². The van der Waals surface area contributed by atoms with Crippen LogP contribution in [0.15, 0.2) is 63.0 Å². The summed E-state index contributed by atoms with van der Waals surface area (Å²) in [5, 5.41) is 13.4. The van der Waals surface area contributed by atoms with Gasteiger partial charge in [-0.25, -0.2) is 4.98 Å². The molecule has 0 aliphatic rings. The molecule has 1 aromatic heterocycles. The van der Waals surface area contributed by atoms with E-state index in [1.807, 2.05) is 18.2 Å². The van der Waals surface area contributed by atoms with Crippen molar-refractivity contribution in [3.8, 4) is 0 Å². The molecule has 27 heavy (non-hydrogen) atoms. The Hall–Kier alpha value is -2.16. The van der Waals surface area contributed by atoms with Crippen molar-refractivity contribution < 1.29 is 9.90 Å². The van der Waals surface area contributed by atoms with Gasteiger partial charge in [-0.3, -0.25) is 14.2 Å². The van der Waals surface area contributed by atoms with Gasteiger partial charge >= 0.3 is 0 Å². The molecule has 140 valence electrons. The highest BCUT2D eigenvalue weighted by molar-refractivity contribution is 9.10. The molecule has 0 radical (unpaired) electrons. The molecule has 2 aromatic carbocycles. The molecule has 6 nitrogen and oxygen atoms in total. The van der Waals surface area contributed by atoms with Gasteiger partial charge in [0.2, 0.25) is 5.91 Å². The normalized spacial score (nSPS) is 12.1. The minimum atomic E-state index is -0.708. The summed E-state index contributed by atoms with van der Waals surface area (Å²) in [4.78, 5) is 29.5. The number of carbonyl (C=O) groups excluding carboxylic acids is 1. The smallest absolute Gasteiger partial charge is 0.262 e. The minimum absolute atomic E-state index is 0.0943. The van der Waals surface area contributed by atoms with Gasteiger partial charge in [0.15, 0.2) is 5.16 Å². The maximum atomic E-state index is 12.8. The molecular weight excluding hydrogens is 430 g/mol. The average Bonchev–Trinajstić information content (AvgIpc) is 2.62. The first-order valence-corrected chi connectivity index (χ1v) is 10.1. The summed E-state index contributed by atoms with van der Waals surface area (Å²) in [7, 11) is 0. The van der Waals surface area contributed by atoms with Gasteiger partial charge in [-0.15, -0.1) is 0 Å². The number of anilines is 1. The molecule has 0 fully saturated rings. The molecule has 2 N–H and O–H groups in total. The van der Waals surface area contributed by atoms with Gasteiger partial charge in [0.05, 0.1) is 29.3 Å². The van der Waals surface area contributed by atoms with Crippen LogP contribution in [0.3, 0.4) is 0 Å². The minimum Gasteiger partial charge on any atom is -0.392 e. The van der Waals surface area contributed by atoms with Crippen LogP contribution in [0.25, 0.3) is 10.9 Å². The van der Waals surface area contributed by atoms with Crippen molar-refractivity contribution in [2.24, 2.45) is 0 Å². The summed E-state index contributed by atoms with van der Waals surface area (Å²) in [6.07, 6.45) is -0.708. The number of rotatable bonds is 6. The number of hydrogen-bond acceptors (Lipinski definition) is 5. The summed E-state index contributed by atoms with van der Waals surface area (Å²) in [6.45, 7) is 1.72. The van der Waals surface area contributed by atoms with Crippen molar-refractivity contribution >= 4 is 50.2 Å². The van der Waals surface area contributed by atoms with E-state index in [1.54, 1.807) is 37.3 Å². The summed E-state index contributed by atoms with van der Waals surface area (Å²) < 4.78 is 2.29. The zero-order valence-corrected chi connectivity index (χ0v) is 17.0. The number of hydrogen-bond donors (Lipinski definition) is 2. The molecule has 8 heteroatoms.